The highest BCUT2D eigenvalue weighted by atomic mass is 35.5. The fraction of sp³-hybridized carbons (Fsp3) is 0.100. The molecule has 2 N–H and O–H groups in total. The smallest absolute Gasteiger partial charge is 0.355 e. The molecule has 0 aliphatic carbocycles. The Morgan fingerprint density at radius 3 is 2.52 bits per heavy atom. The van der Waals surface area contributed by atoms with Crippen molar-refractivity contribution in [3.8, 4) is 0 Å². The summed E-state index contributed by atoms with van der Waals surface area (Å²) < 4.78 is 5.09. The van der Waals surface area contributed by atoms with E-state index in [9.17, 15) is 14.7 Å². The molecule has 1 heterocycles. The molecule has 0 bridgehead atoms. The molecule has 0 aliphatic rings. The molecule has 1 aromatic heterocycles. The number of carbonyl (C=O) groups excluding carboxylic acids is 1. The van der Waals surface area contributed by atoms with Crippen LogP contribution in [0.3, 0.4) is 0 Å². The Balaban J connectivity index is 2.32. The Hall–Kier alpha value is -2.76. The number of aliphatic carboxylic acids is 1. The third-order valence-electron chi connectivity index (χ3n) is 3.94. The number of rotatable bonds is 5. The van der Waals surface area contributed by atoms with Crippen molar-refractivity contribution >= 4 is 57.7 Å². The fourth-order valence-corrected chi connectivity index (χ4v) is 3.41. The second kappa shape index (κ2) is 7.86. The third kappa shape index (κ3) is 3.84. The highest BCUT2D eigenvalue weighted by molar-refractivity contribution is 6.39. The van der Waals surface area contributed by atoms with Crippen LogP contribution in [0.15, 0.2) is 42.5 Å². The number of carboxylic acids is 1. The largest absolute Gasteiger partial charge is 0.478 e. The second-order valence-corrected chi connectivity index (χ2v) is 6.52. The SMILES string of the molecule is CCOC(=O)c1[nH]c2cc(Cl)cc(Cl)c2c1C=C(C(=O)O)c1ccccc1. The number of aromatic nitrogens is 1. The van der Waals surface area contributed by atoms with E-state index in [1.165, 1.54) is 12.1 Å². The lowest BCUT2D eigenvalue weighted by molar-refractivity contribution is -0.130. The summed E-state index contributed by atoms with van der Waals surface area (Å²) in [5.41, 5.74) is 1.49. The van der Waals surface area contributed by atoms with Crippen LogP contribution in [0.4, 0.5) is 0 Å². The first-order valence-electron chi connectivity index (χ1n) is 8.10. The van der Waals surface area contributed by atoms with E-state index in [2.05, 4.69) is 4.98 Å². The summed E-state index contributed by atoms with van der Waals surface area (Å²) in [6, 6.07) is 11.8. The molecule has 27 heavy (non-hydrogen) atoms. The van der Waals surface area contributed by atoms with E-state index < -0.39 is 11.9 Å². The van der Waals surface area contributed by atoms with E-state index in [-0.39, 0.29) is 17.9 Å². The van der Waals surface area contributed by atoms with Gasteiger partial charge >= 0.3 is 11.9 Å². The van der Waals surface area contributed by atoms with Crippen molar-refractivity contribution in [3.05, 3.63) is 69.3 Å². The van der Waals surface area contributed by atoms with Gasteiger partial charge in [0.15, 0.2) is 0 Å². The standard InChI is InChI=1S/C20H15Cl2NO4/c1-2-27-20(26)18-14(17-15(22)8-12(21)9-16(17)23-18)10-13(19(24)25)11-6-4-3-5-7-11/h3-10,23H,2H2,1H3,(H,24,25). The summed E-state index contributed by atoms with van der Waals surface area (Å²) in [5.74, 6) is -1.74. The van der Waals surface area contributed by atoms with Crippen molar-refractivity contribution in [2.75, 3.05) is 6.61 Å². The van der Waals surface area contributed by atoms with E-state index in [1.54, 1.807) is 43.3 Å². The highest BCUT2D eigenvalue weighted by Gasteiger charge is 2.22. The van der Waals surface area contributed by atoms with Gasteiger partial charge in [-0.15, -0.1) is 0 Å². The molecule has 0 aliphatic heterocycles. The van der Waals surface area contributed by atoms with Crippen LogP contribution in [-0.4, -0.2) is 28.6 Å². The van der Waals surface area contributed by atoms with Gasteiger partial charge in [0.2, 0.25) is 0 Å². The molecule has 0 saturated carbocycles. The molecule has 0 radical (unpaired) electrons. The van der Waals surface area contributed by atoms with Gasteiger partial charge in [0.25, 0.3) is 0 Å². The Labute approximate surface area is 165 Å². The number of halogens is 2. The molecule has 0 saturated heterocycles. The maximum absolute atomic E-state index is 12.4. The number of aromatic amines is 1. The molecule has 0 amide bonds. The van der Waals surface area contributed by atoms with Gasteiger partial charge in [0, 0.05) is 21.5 Å². The van der Waals surface area contributed by atoms with Gasteiger partial charge in [-0.25, -0.2) is 9.59 Å². The van der Waals surface area contributed by atoms with Gasteiger partial charge in [0.05, 0.1) is 17.2 Å². The molecule has 7 heteroatoms. The molecule has 2 aromatic carbocycles. The van der Waals surface area contributed by atoms with E-state index in [0.717, 1.165) is 0 Å². The van der Waals surface area contributed by atoms with E-state index in [1.807, 2.05) is 0 Å². The molecule has 3 rings (SSSR count). The van der Waals surface area contributed by atoms with Crippen LogP contribution in [0.2, 0.25) is 10.0 Å². The molecule has 138 valence electrons. The van der Waals surface area contributed by atoms with Gasteiger partial charge in [-0.05, 0) is 30.7 Å². The Morgan fingerprint density at radius 2 is 1.89 bits per heavy atom. The van der Waals surface area contributed by atoms with Gasteiger partial charge in [-0.3, -0.25) is 0 Å². The first kappa shape index (κ1) is 19.0. The Bertz CT molecular complexity index is 1050. The molecular formula is C20H15Cl2NO4. The fourth-order valence-electron chi connectivity index (χ4n) is 2.81. The summed E-state index contributed by atoms with van der Waals surface area (Å²) in [6.07, 6.45) is 1.42. The Kier molecular flexibility index (Phi) is 5.54. The number of nitrogens with one attached hydrogen (secondary N) is 1. The van der Waals surface area contributed by atoms with Crippen molar-refractivity contribution in [1.82, 2.24) is 4.98 Å². The summed E-state index contributed by atoms with van der Waals surface area (Å²) in [7, 11) is 0. The average molecular weight is 404 g/mol. The number of hydrogen-bond donors (Lipinski definition) is 2. The lowest BCUT2D eigenvalue weighted by atomic mass is 10.0. The van der Waals surface area contributed by atoms with Crippen LogP contribution in [0.5, 0.6) is 0 Å². The number of carbonyl (C=O) groups is 2. The summed E-state index contributed by atoms with van der Waals surface area (Å²) in [4.78, 5) is 27.2. The summed E-state index contributed by atoms with van der Waals surface area (Å²) in [6.45, 7) is 1.86. The zero-order valence-corrected chi connectivity index (χ0v) is 15.8. The predicted molar refractivity (Wildman–Crippen MR) is 106 cm³/mol. The first-order valence-corrected chi connectivity index (χ1v) is 8.86. The van der Waals surface area contributed by atoms with Crippen molar-refractivity contribution in [3.63, 3.8) is 0 Å². The molecular weight excluding hydrogens is 389 g/mol. The van der Waals surface area contributed by atoms with Crippen molar-refractivity contribution in [2.24, 2.45) is 0 Å². The monoisotopic (exact) mass is 403 g/mol. The minimum absolute atomic E-state index is 0.0214. The van der Waals surface area contributed by atoms with E-state index >= 15 is 0 Å². The van der Waals surface area contributed by atoms with Crippen LogP contribution >= 0.6 is 23.2 Å². The van der Waals surface area contributed by atoms with Gasteiger partial charge in [-0.2, -0.15) is 0 Å². The van der Waals surface area contributed by atoms with Gasteiger partial charge < -0.3 is 14.8 Å². The topological polar surface area (TPSA) is 79.4 Å². The van der Waals surface area contributed by atoms with Crippen molar-refractivity contribution in [1.29, 1.82) is 0 Å². The number of H-pyrrole nitrogens is 1. The molecule has 0 fully saturated rings. The van der Waals surface area contributed by atoms with Crippen LogP contribution in [0.25, 0.3) is 22.6 Å². The normalized spacial score (nSPS) is 11.6. The number of hydrogen-bond acceptors (Lipinski definition) is 3. The van der Waals surface area contributed by atoms with Crippen LogP contribution < -0.4 is 0 Å². The minimum atomic E-state index is -1.13. The lowest BCUT2D eigenvalue weighted by Crippen LogP contribution is -2.07. The maximum atomic E-state index is 12.4. The molecule has 5 nitrogen and oxygen atoms in total. The number of ether oxygens (including phenoxy) is 1. The minimum Gasteiger partial charge on any atom is -0.478 e. The maximum Gasteiger partial charge on any atom is 0.355 e. The Morgan fingerprint density at radius 1 is 1.19 bits per heavy atom. The van der Waals surface area contributed by atoms with Crippen LogP contribution in [-0.2, 0) is 9.53 Å². The van der Waals surface area contributed by atoms with Gasteiger partial charge in [-0.1, -0.05) is 53.5 Å². The summed E-state index contributed by atoms with van der Waals surface area (Å²) >= 11 is 12.4. The number of esters is 1. The second-order valence-electron chi connectivity index (χ2n) is 5.67. The molecule has 0 atom stereocenters. The van der Waals surface area contributed by atoms with E-state index in [0.29, 0.717) is 32.1 Å². The quantitative estimate of drug-likeness (QED) is 0.448. The number of carboxylic acid groups (broad SMARTS) is 1. The van der Waals surface area contributed by atoms with Crippen molar-refractivity contribution < 1.29 is 19.4 Å². The zero-order valence-electron chi connectivity index (χ0n) is 14.3. The molecule has 0 unspecified atom stereocenters. The predicted octanol–water partition coefficient (Wildman–Crippen LogP) is 5.28. The number of fused-ring (bicyclic) bond motifs is 1. The number of benzene rings is 2. The van der Waals surface area contributed by atoms with Crippen LogP contribution in [0.1, 0.15) is 28.5 Å². The van der Waals surface area contributed by atoms with Crippen molar-refractivity contribution in [2.45, 2.75) is 6.92 Å². The highest BCUT2D eigenvalue weighted by Crippen LogP contribution is 2.35. The van der Waals surface area contributed by atoms with Crippen LogP contribution in [0, 0.1) is 0 Å². The lowest BCUT2D eigenvalue weighted by Gasteiger charge is -2.05. The molecule has 3 aromatic rings. The average Bonchev–Trinajstić information content (AvgIpc) is 2.99. The third-order valence-corrected chi connectivity index (χ3v) is 4.45. The van der Waals surface area contributed by atoms with Gasteiger partial charge in [0.1, 0.15) is 5.69 Å². The first-order chi connectivity index (χ1) is 12.9. The summed E-state index contributed by atoms with van der Waals surface area (Å²) in [5, 5.41) is 10.9. The molecule has 0 spiro atoms. The van der Waals surface area contributed by atoms with E-state index in [4.69, 9.17) is 27.9 Å². The zero-order chi connectivity index (χ0) is 19.6.